The molecule has 1 amide bonds. The summed E-state index contributed by atoms with van der Waals surface area (Å²) in [4.78, 5) is 14.8. The Hall–Kier alpha value is -1.78. The van der Waals surface area contributed by atoms with Crippen molar-refractivity contribution in [2.45, 2.75) is 32.2 Å². The molecule has 128 valence electrons. The van der Waals surface area contributed by atoms with E-state index in [4.69, 9.17) is 16.0 Å². The molecule has 2 aromatic rings. The Bertz CT molecular complexity index is 692. The molecule has 0 bridgehead atoms. The van der Waals surface area contributed by atoms with E-state index in [1.807, 2.05) is 19.1 Å². The molecular weight excluding hydrogens is 324 g/mol. The zero-order chi connectivity index (χ0) is 16.9. The third-order valence-electron chi connectivity index (χ3n) is 4.46. The van der Waals surface area contributed by atoms with Crippen molar-refractivity contribution in [3.8, 4) is 0 Å². The van der Waals surface area contributed by atoms with Gasteiger partial charge in [-0.25, -0.2) is 0 Å². The van der Waals surface area contributed by atoms with Crippen molar-refractivity contribution >= 4 is 17.5 Å². The Morgan fingerprint density at radius 2 is 2.04 bits per heavy atom. The summed E-state index contributed by atoms with van der Waals surface area (Å²) in [6.07, 6.45) is 3.66. The standard InChI is InChI=1S/C19H23ClN2O2/c1-14-8-9-18(24-14)17(22-10-3-2-4-11-22)13-21-19(23)15-6-5-7-16(20)12-15/h5-9,12,17H,2-4,10-11,13H2,1H3,(H,21,23). The van der Waals surface area contributed by atoms with E-state index in [0.717, 1.165) is 24.6 Å². The van der Waals surface area contributed by atoms with Crippen molar-refractivity contribution in [2.75, 3.05) is 19.6 Å². The van der Waals surface area contributed by atoms with E-state index in [9.17, 15) is 4.79 Å². The molecular formula is C19H23ClN2O2. The number of nitrogens with one attached hydrogen (secondary N) is 1. The predicted octanol–water partition coefficient (Wildman–Crippen LogP) is 4.20. The number of likely N-dealkylation sites (tertiary alicyclic amines) is 1. The lowest BCUT2D eigenvalue weighted by Crippen LogP contribution is -2.40. The quantitative estimate of drug-likeness (QED) is 0.882. The van der Waals surface area contributed by atoms with Gasteiger partial charge in [0.2, 0.25) is 0 Å². The van der Waals surface area contributed by atoms with Crippen molar-refractivity contribution in [2.24, 2.45) is 0 Å². The van der Waals surface area contributed by atoms with E-state index >= 15 is 0 Å². The highest BCUT2D eigenvalue weighted by Crippen LogP contribution is 2.25. The highest BCUT2D eigenvalue weighted by molar-refractivity contribution is 6.30. The molecule has 3 rings (SSSR count). The second kappa shape index (κ2) is 7.86. The Kier molecular flexibility index (Phi) is 5.59. The van der Waals surface area contributed by atoms with Gasteiger partial charge in [0.05, 0.1) is 6.04 Å². The molecule has 24 heavy (non-hydrogen) atoms. The zero-order valence-electron chi connectivity index (χ0n) is 13.9. The Morgan fingerprint density at radius 1 is 1.25 bits per heavy atom. The molecule has 0 spiro atoms. The van der Waals surface area contributed by atoms with E-state index < -0.39 is 0 Å². The molecule has 1 aliphatic heterocycles. The van der Waals surface area contributed by atoms with Gasteiger partial charge >= 0.3 is 0 Å². The number of carbonyl (C=O) groups excluding carboxylic acids is 1. The lowest BCUT2D eigenvalue weighted by molar-refractivity contribution is 0.0913. The van der Waals surface area contributed by atoms with Gasteiger partial charge in [-0.15, -0.1) is 0 Å². The average molecular weight is 347 g/mol. The van der Waals surface area contributed by atoms with Gasteiger partial charge in [-0.1, -0.05) is 24.1 Å². The molecule has 0 aliphatic carbocycles. The minimum atomic E-state index is -0.109. The Labute approximate surface area is 147 Å². The third-order valence-corrected chi connectivity index (χ3v) is 4.70. The van der Waals surface area contributed by atoms with Crippen LogP contribution in [0.15, 0.2) is 40.8 Å². The predicted molar refractivity (Wildman–Crippen MR) is 95.4 cm³/mol. The minimum Gasteiger partial charge on any atom is -0.465 e. The topological polar surface area (TPSA) is 45.5 Å². The van der Waals surface area contributed by atoms with Gasteiger partial charge < -0.3 is 9.73 Å². The number of hydrogen-bond acceptors (Lipinski definition) is 3. The summed E-state index contributed by atoms with van der Waals surface area (Å²) in [5.41, 5.74) is 0.579. The molecule has 0 radical (unpaired) electrons. The molecule has 1 atom stereocenters. The van der Waals surface area contributed by atoms with Crippen LogP contribution in [-0.4, -0.2) is 30.4 Å². The summed E-state index contributed by atoms with van der Waals surface area (Å²) in [5.74, 6) is 1.71. The van der Waals surface area contributed by atoms with Crippen LogP contribution in [0.5, 0.6) is 0 Å². The second-order valence-corrected chi connectivity index (χ2v) is 6.72. The highest BCUT2D eigenvalue weighted by atomic mass is 35.5. The van der Waals surface area contributed by atoms with Gasteiger partial charge in [0, 0.05) is 17.1 Å². The number of furan rings is 1. The average Bonchev–Trinajstić information content (AvgIpc) is 3.02. The van der Waals surface area contributed by atoms with E-state index in [2.05, 4.69) is 10.2 Å². The maximum atomic E-state index is 12.4. The molecule has 1 saturated heterocycles. The van der Waals surface area contributed by atoms with Crippen LogP contribution in [0.4, 0.5) is 0 Å². The van der Waals surface area contributed by atoms with Crippen LogP contribution in [0.3, 0.4) is 0 Å². The molecule has 1 aromatic heterocycles. The van der Waals surface area contributed by atoms with Crippen molar-refractivity contribution in [3.05, 3.63) is 58.5 Å². The van der Waals surface area contributed by atoms with Crippen LogP contribution in [-0.2, 0) is 0 Å². The van der Waals surface area contributed by atoms with Crippen LogP contribution in [0.1, 0.15) is 47.2 Å². The number of amides is 1. The number of rotatable bonds is 5. The number of piperidine rings is 1. The summed E-state index contributed by atoms with van der Waals surface area (Å²) in [6, 6.07) is 11.1. The van der Waals surface area contributed by atoms with E-state index in [0.29, 0.717) is 17.1 Å². The van der Waals surface area contributed by atoms with Gasteiger partial charge in [0.25, 0.3) is 5.91 Å². The molecule has 1 unspecified atom stereocenters. The van der Waals surface area contributed by atoms with Crippen molar-refractivity contribution in [3.63, 3.8) is 0 Å². The normalized spacial score (nSPS) is 16.8. The molecule has 2 heterocycles. The monoisotopic (exact) mass is 346 g/mol. The molecule has 1 aliphatic rings. The summed E-state index contributed by atoms with van der Waals surface area (Å²) < 4.78 is 5.84. The maximum absolute atomic E-state index is 12.4. The van der Waals surface area contributed by atoms with Gasteiger partial charge in [-0.3, -0.25) is 9.69 Å². The lowest BCUT2D eigenvalue weighted by atomic mass is 10.1. The molecule has 4 nitrogen and oxygen atoms in total. The summed E-state index contributed by atoms with van der Waals surface area (Å²) >= 11 is 5.97. The third kappa shape index (κ3) is 4.19. The first-order chi connectivity index (χ1) is 11.6. The Morgan fingerprint density at radius 3 is 2.71 bits per heavy atom. The maximum Gasteiger partial charge on any atom is 0.251 e. The summed E-state index contributed by atoms with van der Waals surface area (Å²) in [6.45, 7) is 4.55. The van der Waals surface area contributed by atoms with E-state index in [1.54, 1.807) is 24.3 Å². The first-order valence-electron chi connectivity index (χ1n) is 8.47. The fraction of sp³-hybridized carbons (Fsp3) is 0.421. The number of halogens is 1. The fourth-order valence-electron chi connectivity index (χ4n) is 3.19. The second-order valence-electron chi connectivity index (χ2n) is 6.28. The van der Waals surface area contributed by atoms with Crippen molar-refractivity contribution < 1.29 is 9.21 Å². The molecule has 1 aromatic carbocycles. The number of aryl methyl sites for hydroxylation is 1. The number of benzene rings is 1. The van der Waals surface area contributed by atoms with Gasteiger partial charge in [-0.05, 0) is 63.2 Å². The SMILES string of the molecule is Cc1ccc(C(CNC(=O)c2cccc(Cl)c2)N2CCCCC2)o1. The first kappa shape index (κ1) is 17.1. The largest absolute Gasteiger partial charge is 0.465 e. The van der Waals surface area contributed by atoms with Crippen LogP contribution in [0, 0.1) is 6.92 Å². The van der Waals surface area contributed by atoms with E-state index in [-0.39, 0.29) is 11.9 Å². The number of carbonyl (C=O) groups is 1. The first-order valence-corrected chi connectivity index (χ1v) is 8.85. The van der Waals surface area contributed by atoms with E-state index in [1.165, 1.54) is 19.3 Å². The van der Waals surface area contributed by atoms with Crippen molar-refractivity contribution in [1.29, 1.82) is 0 Å². The smallest absolute Gasteiger partial charge is 0.251 e. The zero-order valence-corrected chi connectivity index (χ0v) is 14.7. The molecule has 1 N–H and O–H groups in total. The van der Waals surface area contributed by atoms with Gasteiger partial charge in [0.1, 0.15) is 11.5 Å². The number of hydrogen-bond donors (Lipinski definition) is 1. The molecule has 0 saturated carbocycles. The van der Waals surface area contributed by atoms with Crippen LogP contribution in [0.2, 0.25) is 5.02 Å². The minimum absolute atomic E-state index is 0.0714. The fourth-order valence-corrected chi connectivity index (χ4v) is 3.38. The summed E-state index contributed by atoms with van der Waals surface area (Å²) in [5, 5.41) is 3.60. The Balaban J connectivity index is 1.70. The van der Waals surface area contributed by atoms with Crippen LogP contribution < -0.4 is 5.32 Å². The van der Waals surface area contributed by atoms with Gasteiger partial charge in [0.15, 0.2) is 0 Å². The van der Waals surface area contributed by atoms with Crippen LogP contribution >= 0.6 is 11.6 Å². The van der Waals surface area contributed by atoms with Crippen molar-refractivity contribution in [1.82, 2.24) is 10.2 Å². The number of nitrogens with zero attached hydrogens (tertiary/aromatic N) is 1. The summed E-state index contributed by atoms with van der Waals surface area (Å²) in [7, 11) is 0. The highest BCUT2D eigenvalue weighted by Gasteiger charge is 2.25. The van der Waals surface area contributed by atoms with Crippen LogP contribution in [0.25, 0.3) is 0 Å². The lowest BCUT2D eigenvalue weighted by Gasteiger charge is -2.33. The molecule has 1 fully saturated rings. The van der Waals surface area contributed by atoms with Gasteiger partial charge in [-0.2, -0.15) is 0 Å². The molecule has 5 heteroatoms.